The highest BCUT2D eigenvalue weighted by Gasteiger charge is 2.04. The number of anilines is 1. The number of halogens is 1. The van der Waals surface area contributed by atoms with Crippen molar-refractivity contribution in [3.63, 3.8) is 0 Å². The number of rotatable bonds is 5. The summed E-state index contributed by atoms with van der Waals surface area (Å²) in [5, 5.41) is 10.6. The number of amides is 1. The van der Waals surface area contributed by atoms with Gasteiger partial charge in [0.1, 0.15) is 5.82 Å². The number of hydrogen-bond acceptors (Lipinski definition) is 3. The van der Waals surface area contributed by atoms with Gasteiger partial charge in [0.2, 0.25) is 5.91 Å². The number of thioether (sulfide) groups is 1. The number of benzene rings is 2. The molecule has 0 aliphatic heterocycles. The van der Waals surface area contributed by atoms with Crippen molar-refractivity contribution < 1.29 is 9.18 Å². The Hall–Kier alpha value is -2.34. The number of aromatic nitrogens is 2. The molecule has 3 rings (SSSR count). The predicted octanol–water partition coefficient (Wildman–Crippen LogP) is 3.82. The van der Waals surface area contributed by atoms with Gasteiger partial charge in [-0.25, -0.2) is 4.39 Å². The number of carbonyl (C=O) groups excluding carboxylic acids is 1. The second kappa shape index (κ2) is 6.62. The van der Waals surface area contributed by atoms with E-state index in [9.17, 15) is 9.18 Å². The van der Waals surface area contributed by atoms with E-state index in [4.69, 9.17) is 0 Å². The topological polar surface area (TPSA) is 57.8 Å². The third-order valence-corrected chi connectivity index (χ3v) is 4.12. The van der Waals surface area contributed by atoms with Gasteiger partial charge < -0.3 is 5.32 Å². The summed E-state index contributed by atoms with van der Waals surface area (Å²) < 4.78 is 13.0. The molecule has 1 heterocycles. The maximum atomic E-state index is 13.0. The molecule has 0 unspecified atom stereocenters. The van der Waals surface area contributed by atoms with E-state index < -0.39 is 0 Å². The first-order valence-corrected chi connectivity index (χ1v) is 7.80. The summed E-state index contributed by atoms with van der Waals surface area (Å²) in [4.78, 5) is 12.9. The largest absolute Gasteiger partial charge is 0.326 e. The van der Waals surface area contributed by atoms with Gasteiger partial charge in [-0.2, -0.15) is 5.10 Å². The number of nitrogens with zero attached hydrogens (tertiary/aromatic N) is 1. The van der Waals surface area contributed by atoms with Crippen LogP contribution in [-0.4, -0.2) is 21.9 Å². The molecule has 1 amide bonds. The first kappa shape index (κ1) is 14.6. The van der Waals surface area contributed by atoms with Crippen LogP contribution in [0.15, 0.2) is 53.6 Å². The molecule has 0 bridgehead atoms. The maximum absolute atomic E-state index is 13.0. The zero-order chi connectivity index (χ0) is 15.4. The van der Waals surface area contributed by atoms with Crippen molar-refractivity contribution in [2.24, 2.45) is 0 Å². The average molecular weight is 315 g/mol. The lowest BCUT2D eigenvalue weighted by Crippen LogP contribution is -2.12. The summed E-state index contributed by atoms with van der Waals surface area (Å²) in [5.74, 6) is 0.168. The molecule has 0 radical (unpaired) electrons. The fraction of sp³-hybridized carbons (Fsp3) is 0.125. The van der Waals surface area contributed by atoms with E-state index in [1.807, 2.05) is 18.2 Å². The lowest BCUT2D eigenvalue weighted by atomic mass is 10.3. The van der Waals surface area contributed by atoms with E-state index >= 15 is 0 Å². The van der Waals surface area contributed by atoms with Gasteiger partial charge in [0, 0.05) is 28.1 Å². The number of aromatic amines is 1. The third-order valence-electron chi connectivity index (χ3n) is 3.12. The standard InChI is InChI=1S/C16H14FN3OS/c17-12-2-1-3-13(8-12)19-16(21)6-7-22-14-5-4-11-10-18-20-15(11)9-14/h1-5,8-10H,6-7H2,(H,18,20)(H,19,21). The first-order chi connectivity index (χ1) is 10.7. The summed E-state index contributed by atoms with van der Waals surface area (Å²) in [6.45, 7) is 0. The highest BCUT2D eigenvalue weighted by molar-refractivity contribution is 7.99. The fourth-order valence-corrected chi connectivity index (χ4v) is 2.95. The van der Waals surface area contributed by atoms with E-state index in [1.165, 1.54) is 12.1 Å². The van der Waals surface area contributed by atoms with Crippen LogP contribution in [0.5, 0.6) is 0 Å². The number of H-pyrrole nitrogens is 1. The molecular weight excluding hydrogens is 301 g/mol. The number of carbonyl (C=O) groups is 1. The molecule has 0 spiro atoms. The molecular formula is C16H14FN3OS. The molecule has 0 saturated heterocycles. The van der Waals surface area contributed by atoms with Gasteiger partial charge in [0.05, 0.1) is 11.7 Å². The van der Waals surface area contributed by atoms with Crippen LogP contribution in [0.4, 0.5) is 10.1 Å². The molecule has 2 N–H and O–H groups in total. The van der Waals surface area contributed by atoms with Gasteiger partial charge >= 0.3 is 0 Å². The van der Waals surface area contributed by atoms with Crippen molar-refractivity contribution in [2.45, 2.75) is 11.3 Å². The van der Waals surface area contributed by atoms with E-state index in [1.54, 1.807) is 30.1 Å². The van der Waals surface area contributed by atoms with E-state index in [-0.39, 0.29) is 11.7 Å². The molecule has 6 heteroatoms. The molecule has 0 fully saturated rings. The fourth-order valence-electron chi connectivity index (χ4n) is 2.06. The predicted molar refractivity (Wildman–Crippen MR) is 86.5 cm³/mol. The second-order valence-corrected chi connectivity index (χ2v) is 5.94. The Morgan fingerprint density at radius 3 is 3.05 bits per heavy atom. The quantitative estimate of drug-likeness (QED) is 0.704. The molecule has 4 nitrogen and oxygen atoms in total. The van der Waals surface area contributed by atoms with E-state index in [2.05, 4.69) is 15.5 Å². The Morgan fingerprint density at radius 2 is 2.18 bits per heavy atom. The average Bonchev–Trinajstić information content (AvgIpc) is 2.95. The lowest BCUT2D eigenvalue weighted by Gasteiger charge is -2.05. The highest BCUT2D eigenvalue weighted by atomic mass is 32.2. The minimum atomic E-state index is -0.361. The van der Waals surface area contributed by atoms with E-state index in [0.717, 1.165) is 15.8 Å². The molecule has 0 aliphatic rings. The normalized spacial score (nSPS) is 10.8. The molecule has 1 aromatic heterocycles. The van der Waals surface area contributed by atoms with Crippen LogP contribution in [0.1, 0.15) is 6.42 Å². The minimum absolute atomic E-state index is 0.124. The molecule has 0 aliphatic carbocycles. The molecule has 3 aromatic rings. The van der Waals surface area contributed by atoms with Crippen molar-refractivity contribution >= 4 is 34.3 Å². The van der Waals surface area contributed by atoms with Crippen molar-refractivity contribution in [3.8, 4) is 0 Å². The van der Waals surface area contributed by atoms with Crippen molar-refractivity contribution in [2.75, 3.05) is 11.1 Å². The number of hydrogen-bond donors (Lipinski definition) is 2. The zero-order valence-electron chi connectivity index (χ0n) is 11.7. The van der Waals surface area contributed by atoms with Crippen LogP contribution in [0.2, 0.25) is 0 Å². The van der Waals surface area contributed by atoms with Crippen LogP contribution in [0.3, 0.4) is 0 Å². The van der Waals surface area contributed by atoms with Crippen LogP contribution in [-0.2, 0) is 4.79 Å². The summed E-state index contributed by atoms with van der Waals surface area (Å²) in [6, 6.07) is 11.9. The maximum Gasteiger partial charge on any atom is 0.225 e. The van der Waals surface area contributed by atoms with Crippen molar-refractivity contribution in [3.05, 3.63) is 54.5 Å². The van der Waals surface area contributed by atoms with Gasteiger partial charge in [-0.05, 0) is 30.3 Å². The summed E-state index contributed by atoms with van der Waals surface area (Å²) in [5.41, 5.74) is 1.46. The third kappa shape index (κ3) is 3.65. The molecule has 112 valence electrons. The highest BCUT2D eigenvalue weighted by Crippen LogP contribution is 2.23. The van der Waals surface area contributed by atoms with Gasteiger partial charge in [0.25, 0.3) is 0 Å². The van der Waals surface area contributed by atoms with E-state index in [0.29, 0.717) is 17.9 Å². The zero-order valence-corrected chi connectivity index (χ0v) is 12.5. The molecule has 22 heavy (non-hydrogen) atoms. The van der Waals surface area contributed by atoms with Gasteiger partial charge in [-0.15, -0.1) is 11.8 Å². The Morgan fingerprint density at radius 1 is 1.27 bits per heavy atom. The van der Waals surface area contributed by atoms with Crippen molar-refractivity contribution in [1.82, 2.24) is 10.2 Å². The number of fused-ring (bicyclic) bond motifs is 1. The number of nitrogens with one attached hydrogen (secondary N) is 2. The van der Waals surface area contributed by atoms with Gasteiger partial charge in [-0.1, -0.05) is 12.1 Å². The lowest BCUT2D eigenvalue weighted by molar-refractivity contribution is -0.115. The van der Waals surface area contributed by atoms with Gasteiger partial charge in [0.15, 0.2) is 0 Å². The summed E-state index contributed by atoms with van der Waals surface area (Å²) in [7, 11) is 0. The Kier molecular flexibility index (Phi) is 4.39. The molecule has 2 aromatic carbocycles. The minimum Gasteiger partial charge on any atom is -0.326 e. The first-order valence-electron chi connectivity index (χ1n) is 6.82. The van der Waals surface area contributed by atoms with Crippen LogP contribution in [0, 0.1) is 5.82 Å². The van der Waals surface area contributed by atoms with Gasteiger partial charge in [-0.3, -0.25) is 9.89 Å². The molecule has 0 saturated carbocycles. The van der Waals surface area contributed by atoms with Crippen molar-refractivity contribution in [1.29, 1.82) is 0 Å². The summed E-state index contributed by atoms with van der Waals surface area (Å²) in [6.07, 6.45) is 2.14. The Labute approximate surface area is 131 Å². The summed E-state index contributed by atoms with van der Waals surface area (Å²) >= 11 is 1.60. The SMILES string of the molecule is O=C(CCSc1ccc2cn[nH]c2c1)Nc1cccc(F)c1. The molecule has 0 atom stereocenters. The van der Waals surface area contributed by atoms with Crippen LogP contribution >= 0.6 is 11.8 Å². The van der Waals surface area contributed by atoms with Crippen LogP contribution < -0.4 is 5.32 Å². The smallest absolute Gasteiger partial charge is 0.225 e. The Bertz CT molecular complexity index is 803. The second-order valence-electron chi connectivity index (χ2n) is 4.78. The monoisotopic (exact) mass is 315 g/mol. The van der Waals surface area contributed by atoms with Crippen LogP contribution in [0.25, 0.3) is 10.9 Å². The Balaban J connectivity index is 1.50.